The molecule has 5 aromatic rings. The average molecular weight is 414 g/mol. The predicted molar refractivity (Wildman–Crippen MR) is 127 cm³/mol. The van der Waals surface area contributed by atoms with Gasteiger partial charge in [-0.25, -0.2) is 4.98 Å². The van der Waals surface area contributed by atoms with Crippen molar-refractivity contribution in [1.82, 2.24) is 14.5 Å². The Labute approximate surface area is 187 Å². The lowest BCUT2D eigenvalue weighted by molar-refractivity contribution is 0.279. The zero-order chi connectivity index (χ0) is 21.1. The summed E-state index contributed by atoms with van der Waals surface area (Å²) < 4.78 is 2.42. The molecule has 7 rings (SSSR count). The third kappa shape index (κ3) is 2.32. The summed E-state index contributed by atoms with van der Waals surface area (Å²) in [6.07, 6.45) is 0. The van der Waals surface area contributed by atoms with Gasteiger partial charge in [-0.2, -0.15) is 0 Å². The third-order valence-corrected chi connectivity index (χ3v) is 7.21. The average Bonchev–Trinajstić information content (AvgIpc) is 3.26. The summed E-state index contributed by atoms with van der Waals surface area (Å²) in [5.74, 6) is 1.20. The van der Waals surface area contributed by atoms with Crippen molar-refractivity contribution in [2.75, 3.05) is 0 Å². The Kier molecular flexibility index (Phi) is 3.73. The zero-order valence-electron chi connectivity index (χ0n) is 17.7. The topological polar surface area (TPSA) is 20.8 Å². The van der Waals surface area contributed by atoms with Gasteiger partial charge in [0.1, 0.15) is 5.82 Å². The quantitative estimate of drug-likeness (QED) is 0.276. The van der Waals surface area contributed by atoms with Crippen LogP contribution < -0.4 is 0 Å². The monoisotopic (exact) mass is 413 g/mol. The Morgan fingerprint density at radius 3 is 1.69 bits per heavy atom. The van der Waals surface area contributed by atoms with E-state index in [9.17, 15) is 0 Å². The standard InChI is InChI=1S/C29H23N3/c1-4-12-21(13-5-1)29(22-14-6-2-7-15-22,23-16-8-3-9-17-23)32-26-20-31-25-19-11-10-18-24(25)30-28(31)27(26)32/h1-19,26-27H,20H2/t26-,27-,32?/m0/s1. The minimum Gasteiger partial charge on any atom is -0.325 e. The lowest BCUT2D eigenvalue weighted by Gasteiger charge is -2.39. The van der Waals surface area contributed by atoms with Crippen LogP contribution in [0.2, 0.25) is 0 Å². The lowest BCUT2D eigenvalue weighted by atomic mass is 9.76. The summed E-state index contributed by atoms with van der Waals surface area (Å²) in [5, 5.41) is 0. The van der Waals surface area contributed by atoms with Gasteiger partial charge in [-0.05, 0) is 28.8 Å². The smallest absolute Gasteiger partial charge is 0.129 e. The molecule has 3 atom stereocenters. The molecular weight excluding hydrogens is 390 g/mol. The molecule has 32 heavy (non-hydrogen) atoms. The number of hydrogen-bond acceptors (Lipinski definition) is 2. The number of fused-ring (bicyclic) bond motifs is 5. The van der Waals surface area contributed by atoms with Gasteiger partial charge in [-0.1, -0.05) is 103 Å². The summed E-state index contributed by atoms with van der Waals surface area (Å²) in [5.41, 5.74) is 5.89. The Morgan fingerprint density at radius 2 is 1.12 bits per heavy atom. The van der Waals surface area contributed by atoms with Gasteiger partial charge < -0.3 is 4.57 Å². The highest BCUT2D eigenvalue weighted by Crippen LogP contribution is 2.60. The van der Waals surface area contributed by atoms with Crippen LogP contribution >= 0.6 is 0 Å². The zero-order valence-corrected chi connectivity index (χ0v) is 17.7. The molecule has 154 valence electrons. The predicted octanol–water partition coefficient (Wildman–Crippen LogP) is 5.77. The van der Waals surface area contributed by atoms with Gasteiger partial charge in [-0.15, -0.1) is 0 Å². The van der Waals surface area contributed by atoms with Crippen LogP contribution in [0, 0.1) is 0 Å². The fourth-order valence-corrected chi connectivity index (χ4v) is 5.91. The molecule has 2 aliphatic rings. The highest BCUT2D eigenvalue weighted by molar-refractivity contribution is 5.77. The maximum atomic E-state index is 5.08. The van der Waals surface area contributed by atoms with Crippen LogP contribution in [-0.4, -0.2) is 20.5 Å². The molecule has 2 aliphatic heterocycles. The Bertz CT molecular complexity index is 1310. The van der Waals surface area contributed by atoms with Crippen molar-refractivity contribution in [3.8, 4) is 0 Å². The molecule has 1 saturated heterocycles. The van der Waals surface area contributed by atoms with Crippen molar-refractivity contribution in [1.29, 1.82) is 0 Å². The first-order valence-electron chi connectivity index (χ1n) is 11.3. The van der Waals surface area contributed by atoms with Crippen LogP contribution in [0.5, 0.6) is 0 Å². The molecule has 0 bridgehead atoms. The van der Waals surface area contributed by atoms with Crippen LogP contribution in [0.4, 0.5) is 0 Å². The number of hydrogen-bond donors (Lipinski definition) is 0. The first-order valence-corrected chi connectivity index (χ1v) is 11.3. The van der Waals surface area contributed by atoms with Crippen LogP contribution in [0.15, 0.2) is 115 Å². The maximum Gasteiger partial charge on any atom is 0.129 e. The Morgan fingerprint density at radius 1 is 0.625 bits per heavy atom. The van der Waals surface area contributed by atoms with Crippen molar-refractivity contribution in [2.24, 2.45) is 0 Å². The van der Waals surface area contributed by atoms with Crippen LogP contribution in [-0.2, 0) is 12.1 Å². The van der Waals surface area contributed by atoms with E-state index in [1.165, 1.54) is 28.0 Å². The van der Waals surface area contributed by atoms with Crippen molar-refractivity contribution in [2.45, 2.75) is 24.2 Å². The molecule has 4 aromatic carbocycles. The molecule has 0 amide bonds. The second-order valence-corrected chi connectivity index (χ2v) is 8.80. The van der Waals surface area contributed by atoms with E-state index >= 15 is 0 Å². The molecule has 3 heterocycles. The highest BCUT2D eigenvalue weighted by atomic mass is 15.5. The van der Waals surface area contributed by atoms with Gasteiger partial charge in [0.15, 0.2) is 0 Å². The van der Waals surface area contributed by atoms with E-state index in [2.05, 4.69) is 125 Å². The Hall–Kier alpha value is -3.69. The van der Waals surface area contributed by atoms with Gasteiger partial charge >= 0.3 is 0 Å². The number of nitrogens with zero attached hydrogens (tertiary/aromatic N) is 3. The minimum atomic E-state index is -0.359. The minimum absolute atomic E-state index is 0.308. The lowest BCUT2D eigenvalue weighted by Crippen LogP contribution is -2.40. The molecular formula is C29H23N3. The third-order valence-electron chi connectivity index (χ3n) is 7.21. The normalized spacial score (nSPS) is 21.3. The summed E-state index contributed by atoms with van der Waals surface area (Å²) in [4.78, 5) is 7.77. The second kappa shape index (κ2) is 6.65. The fourth-order valence-electron chi connectivity index (χ4n) is 5.91. The van der Waals surface area contributed by atoms with E-state index < -0.39 is 0 Å². The van der Waals surface area contributed by atoms with Crippen molar-refractivity contribution < 1.29 is 0 Å². The molecule has 0 radical (unpaired) electrons. The largest absolute Gasteiger partial charge is 0.325 e. The van der Waals surface area contributed by atoms with Crippen LogP contribution in [0.1, 0.15) is 28.6 Å². The molecule has 1 aromatic heterocycles. The van der Waals surface area contributed by atoms with Gasteiger partial charge in [0, 0.05) is 6.54 Å². The number of rotatable bonds is 4. The molecule has 0 saturated carbocycles. The molecule has 1 fully saturated rings. The Balaban J connectivity index is 1.48. The van der Waals surface area contributed by atoms with E-state index in [1.54, 1.807) is 0 Å². The van der Waals surface area contributed by atoms with E-state index in [0.717, 1.165) is 12.1 Å². The first kappa shape index (κ1) is 17.9. The van der Waals surface area contributed by atoms with Crippen molar-refractivity contribution in [3.05, 3.63) is 138 Å². The van der Waals surface area contributed by atoms with Gasteiger partial charge in [-0.3, -0.25) is 4.90 Å². The molecule has 3 heteroatoms. The van der Waals surface area contributed by atoms with Crippen LogP contribution in [0.25, 0.3) is 11.0 Å². The van der Waals surface area contributed by atoms with Crippen LogP contribution in [0.3, 0.4) is 0 Å². The first-order chi connectivity index (χ1) is 15.9. The number of para-hydroxylation sites is 2. The molecule has 0 N–H and O–H groups in total. The summed E-state index contributed by atoms with van der Waals surface area (Å²) in [6.45, 7) is 0.981. The van der Waals surface area contributed by atoms with E-state index in [1.807, 2.05) is 0 Å². The summed E-state index contributed by atoms with van der Waals surface area (Å²) >= 11 is 0. The number of imidazole rings is 1. The SMILES string of the molecule is c1ccc(C(c2ccccc2)(c2ccccc2)N2[C@@H]3c4nc5ccccc5n4C[C@@H]32)cc1. The number of benzene rings is 4. The summed E-state index contributed by atoms with van der Waals surface area (Å²) in [7, 11) is 0. The van der Waals surface area contributed by atoms with E-state index in [0.29, 0.717) is 12.1 Å². The maximum absolute atomic E-state index is 5.08. The van der Waals surface area contributed by atoms with E-state index in [4.69, 9.17) is 4.98 Å². The summed E-state index contributed by atoms with van der Waals surface area (Å²) in [6, 6.07) is 42.2. The van der Waals surface area contributed by atoms with Gasteiger partial charge in [0.2, 0.25) is 0 Å². The van der Waals surface area contributed by atoms with Crippen molar-refractivity contribution >= 4 is 11.0 Å². The van der Waals surface area contributed by atoms with Crippen molar-refractivity contribution in [3.63, 3.8) is 0 Å². The molecule has 0 aliphatic carbocycles. The number of aromatic nitrogens is 2. The van der Waals surface area contributed by atoms with Gasteiger partial charge in [0.05, 0.1) is 28.7 Å². The molecule has 1 unspecified atom stereocenters. The highest BCUT2D eigenvalue weighted by Gasteiger charge is 2.65. The van der Waals surface area contributed by atoms with E-state index in [-0.39, 0.29) is 5.54 Å². The fraction of sp³-hybridized carbons (Fsp3) is 0.138. The molecule has 0 spiro atoms. The van der Waals surface area contributed by atoms with Gasteiger partial charge in [0.25, 0.3) is 0 Å². The molecule has 3 nitrogen and oxygen atoms in total. The second-order valence-electron chi connectivity index (χ2n) is 8.80.